The second-order valence-electron chi connectivity index (χ2n) is 7.94. The Morgan fingerprint density at radius 3 is 2.67 bits per heavy atom. The van der Waals surface area contributed by atoms with E-state index in [4.69, 9.17) is 5.11 Å². The Morgan fingerprint density at radius 2 is 1.97 bits per heavy atom. The first-order valence-electron chi connectivity index (χ1n) is 10.8. The van der Waals surface area contributed by atoms with Gasteiger partial charge in [0.2, 0.25) is 5.16 Å². The molecular formula is C21H22N6O7S2. The number of nitrogens with zero attached hydrogens (tertiary/aromatic N) is 5. The van der Waals surface area contributed by atoms with Crippen LogP contribution in [0.2, 0.25) is 0 Å². The highest BCUT2D eigenvalue weighted by Crippen LogP contribution is 2.41. The molecule has 1 fully saturated rings. The largest absolute Gasteiger partial charge is 0.481 e. The molecule has 0 radical (unpaired) electrons. The third-order valence-corrected chi connectivity index (χ3v) is 7.93. The topological polar surface area (TPSA) is 188 Å². The van der Waals surface area contributed by atoms with Crippen molar-refractivity contribution in [3.8, 4) is 0 Å². The lowest BCUT2D eigenvalue weighted by molar-refractivity contribution is -0.151. The molecule has 1 aromatic carbocycles. The minimum Gasteiger partial charge on any atom is -0.481 e. The smallest absolute Gasteiger partial charge is 0.352 e. The zero-order valence-electron chi connectivity index (χ0n) is 18.7. The van der Waals surface area contributed by atoms with Crippen LogP contribution >= 0.6 is 23.5 Å². The number of aliphatic hydroxyl groups is 1. The Kier molecular flexibility index (Phi) is 7.91. The number of amides is 2. The summed E-state index contributed by atoms with van der Waals surface area (Å²) < 4.78 is 1.45. The fraction of sp³-hybridized carbons (Fsp3) is 0.381. The molecule has 2 aliphatic heterocycles. The maximum Gasteiger partial charge on any atom is 0.352 e. The summed E-state index contributed by atoms with van der Waals surface area (Å²) in [7, 11) is 0. The Bertz CT molecular complexity index is 1200. The minimum absolute atomic E-state index is 0.0343. The van der Waals surface area contributed by atoms with E-state index in [-0.39, 0.29) is 17.9 Å². The molecule has 15 heteroatoms. The summed E-state index contributed by atoms with van der Waals surface area (Å²) in [5.74, 6) is -2.99. The zero-order chi connectivity index (χ0) is 25.8. The van der Waals surface area contributed by atoms with Gasteiger partial charge in [0, 0.05) is 24.5 Å². The molecule has 36 heavy (non-hydrogen) atoms. The van der Waals surface area contributed by atoms with Gasteiger partial charge in [-0.3, -0.25) is 19.3 Å². The lowest BCUT2D eigenvalue weighted by Crippen LogP contribution is -2.70. The number of carboxylic acid groups (broad SMARTS) is 2. The summed E-state index contributed by atoms with van der Waals surface area (Å²) in [5, 5.41) is 42.6. The van der Waals surface area contributed by atoms with Gasteiger partial charge in [-0.2, -0.15) is 0 Å². The normalized spacial score (nSPS) is 19.9. The number of carbonyl (C=O) groups is 4. The van der Waals surface area contributed by atoms with E-state index in [1.165, 1.54) is 28.2 Å². The van der Waals surface area contributed by atoms with Crippen molar-refractivity contribution in [1.29, 1.82) is 0 Å². The van der Waals surface area contributed by atoms with Crippen LogP contribution in [-0.2, 0) is 25.7 Å². The van der Waals surface area contributed by atoms with Crippen LogP contribution in [0, 0.1) is 0 Å². The minimum atomic E-state index is -1.45. The number of aliphatic carboxylic acids is 2. The van der Waals surface area contributed by atoms with Gasteiger partial charge in [-0.05, 0) is 28.0 Å². The van der Waals surface area contributed by atoms with E-state index in [0.29, 0.717) is 35.0 Å². The molecule has 1 unspecified atom stereocenters. The lowest BCUT2D eigenvalue weighted by Gasteiger charge is -2.49. The third-order valence-electron chi connectivity index (χ3n) is 5.55. The number of nitrogens with one attached hydrogen (secondary N) is 1. The van der Waals surface area contributed by atoms with Crippen LogP contribution in [0.5, 0.6) is 0 Å². The molecule has 190 valence electrons. The molecule has 3 atom stereocenters. The van der Waals surface area contributed by atoms with Crippen LogP contribution < -0.4 is 5.32 Å². The summed E-state index contributed by atoms with van der Waals surface area (Å²) in [6.07, 6.45) is -1.15. The highest BCUT2D eigenvalue weighted by Gasteiger charge is 2.54. The van der Waals surface area contributed by atoms with Crippen LogP contribution in [0.1, 0.15) is 24.5 Å². The first kappa shape index (κ1) is 25.7. The quantitative estimate of drug-likeness (QED) is 0.225. The van der Waals surface area contributed by atoms with E-state index in [2.05, 4.69) is 20.8 Å². The average Bonchev–Trinajstić information content (AvgIpc) is 3.32. The molecule has 1 saturated heterocycles. The van der Waals surface area contributed by atoms with Crippen LogP contribution in [0.15, 0.2) is 46.8 Å². The number of rotatable bonds is 11. The standard InChI is InChI=1S/C21H22N6O7S2/c28-13(29)7-4-8-26-21(23-24-25-26)36-10-12-9-35-19-14(18(32)27(19)15(12)20(33)34)22-17(31)16(30)11-5-2-1-3-6-11/h1-3,5-6,14,16,19,30H,4,7-10H2,(H,22,31)(H,28,29)(H,33,34)/t14?,16-,19-/m1/s1. The second kappa shape index (κ2) is 11.1. The number of aromatic nitrogens is 4. The molecular weight excluding hydrogens is 512 g/mol. The summed E-state index contributed by atoms with van der Waals surface area (Å²) in [4.78, 5) is 49.3. The Morgan fingerprint density at radius 1 is 1.22 bits per heavy atom. The van der Waals surface area contributed by atoms with Gasteiger partial charge < -0.3 is 20.6 Å². The number of hydrogen-bond acceptors (Lipinski definition) is 10. The van der Waals surface area contributed by atoms with E-state index < -0.39 is 41.3 Å². The summed E-state index contributed by atoms with van der Waals surface area (Å²) in [5.41, 5.74) is 0.734. The van der Waals surface area contributed by atoms with Crippen molar-refractivity contribution in [2.24, 2.45) is 0 Å². The van der Waals surface area contributed by atoms with Crippen LogP contribution in [0.4, 0.5) is 0 Å². The Labute approximate surface area is 212 Å². The third kappa shape index (κ3) is 5.37. The van der Waals surface area contributed by atoms with Gasteiger partial charge >= 0.3 is 11.9 Å². The molecule has 0 aliphatic carbocycles. The molecule has 2 amide bonds. The van der Waals surface area contributed by atoms with Gasteiger partial charge in [0.25, 0.3) is 11.8 Å². The monoisotopic (exact) mass is 534 g/mol. The van der Waals surface area contributed by atoms with Crippen molar-refractivity contribution >= 4 is 47.3 Å². The molecule has 2 aliphatic rings. The first-order valence-corrected chi connectivity index (χ1v) is 12.9. The number of benzene rings is 1. The number of hydrogen-bond donors (Lipinski definition) is 4. The van der Waals surface area contributed by atoms with Gasteiger partial charge in [0.15, 0.2) is 6.10 Å². The van der Waals surface area contributed by atoms with Gasteiger partial charge in [-0.25, -0.2) is 9.48 Å². The predicted octanol–water partition coefficient (Wildman–Crippen LogP) is 0.102. The van der Waals surface area contributed by atoms with Crippen molar-refractivity contribution < 1.29 is 34.5 Å². The van der Waals surface area contributed by atoms with Gasteiger partial charge in [0.1, 0.15) is 17.1 Å². The van der Waals surface area contributed by atoms with Crippen LogP contribution in [0.3, 0.4) is 0 Å². The Hall–Kier alpha value is -3.43. The second-order valence-corrected chi connectivity index (χ2v) is 9.98. The molecule has 0 spiro atoms. The van der Waals surface area contributed by atoms with E-state index in [1.54, 1.807) is 30.3 Å². The molecule has 0 bridgehead atoms. The molecule has 1 aromatic heterocycles. The van der Waals surface area contributed by atoms with E-state index >= 15 is 0 Å². The van der Waals surface area contributed by atoms with Gasteiger partial charge in [-0.1, -0.05) is 42.1 Å². The maximum atomic E-state index is 12.8. The average molecular weight is 535 g/mol. The zero-order valence-corrected chi connectivity index (χ0v) is 20.3. The molecule has 4 N–H and O–H groups in total. The van der Waals surface area contributed by atoms with E-state index in [0.717, 1.165) is 4.90 Å². The summed E-state index contributed by atoms with van der Waals surface area (Å²) in [6, 6.07) is 7.33. The van der Waals surface area contributed by atoms with Crippen LogP contribution in [0.25, 0.3) is 0 Å². The molecule has 3 heterocycles. The number of carboxylic acids is 2. The van der Waals surface area contributed by atoms with Crippen LogP contribution in [-0.4, -0.2) is 87.1 Å². The molecule has 2 aromatic rings. The van der Waals surface area contributed by atoms with Gasteiger partial charge in [-0.15, -0.1) is 16.9 Å². The number of carbonyl (C=O) groups excluding carboxylic acids is 2. The van der Waals surface area contributed by atoms with Crippen molar-refractivity contribution in [1.82, 2.24) is 30.4 Å². The highest BCUT2D eigenvalue weighted by molar-refractivity contribution is 8.01. The first-order chi connectivity index (χ1) is 17.3. The lowest BCUT2D eigenvalue weighted by atomic mass is 10.0. The number of aliphatic hydroxyl groups excluding tert-OH is 1. The maximum absolute atomic E-state index is 12.8. The molecule has 13 nitrogen and oxygen atoms in total. The number of aryl methyl sites for hydroxylation is 1. The van der Waals surface area contributed by atoms with Crippen molar-refractivity contribution in [3.05, 3.63) is 47.2 Å². The molecule has 0 saturated carbocycles. The van der Waals surface area contributed by atoms with E-state index in [1.807, 2.05) is 0 Å². The number of fused-ring (bicyclic) bond motifs is 1. The van der Waals surface area contributed by atoms with Crippen molar-refractivity contribution in [2.45, 2.75) is 42.1 Å². The van der Waals surface area contributed by atoms with Crippen molar-refractivity contribution in [2.75, 3.05) is 11.5 Å². The fourth-order valence-electron chi connectivity index (χ4n) is 3.79. The number of thioether (sulfide) groups is 2. The summed E-state index contributed by atoms with van der Waals surface area (Å²) >= 11 is 2.50. The number of tetrazole rings is 1. The number of β-lactam (4-membered cyclic amide) rings is 1. The SMILES string of the molecule is O=C(O)CCCn1nnnc1SCC1=C(C(=O)O)N2C(=O)C(NC(=O)[C@H](O)c3ccccc3)[C@H]2SC1. The fourth-order valence-corrected chi connectivity index (χ4v) is 6.17. The summed E-state index contributed by atoms with van der Waals surface area (Å²) in [6.45, 7) is 0.296. The molecule has 4 rings (SSSR count). The van der Waals surface area contributed by atoms with E-state index in [9.17, 15) is 29.4 Å². The highest BCUT2D eigenvalue weighted by atomic mass is 32.2. The van der Waals surface area contributed by atoms with Gasteiger partial charge in [0.05, 0.1) is 0 Å². The van der Waals surface area contributed by atoms with Crippen molar-refractivity contribution in [3.63, 3.8) is 0 Å². The Balaban J connectivity index is 1.41. The predicted molar refractivity (Wildman–Crippen MR) is 126 cm³/mol.